The van der Waals surface area contributed by atoms with Crippen LogP contribution in [0.4, 0.5) is 11.4 Å². The molecule has 0 atom stereocenters. The maximum atomic E-state index is 13.5. The van der Waals surface area contributed by atoms with E-state index in [-0.39, 0.29) is 17.4 Å². The molecule has 0 aliphatic heterocycles. The lowest BCUT2D eigenvalue weighted by molar-refractivity contribution is -0.114. The fourth-order valence-electron chi connectivity index (χ4n) is 4.02. The first-order valence-electron chi connectivity index (χ1n) is 13.2. The summed E-state index contributed by atoms with van der Waals surface area (Å²) in [5.41, 5.74) is 2.12. The Morgan fingerprint density at radius 1 is 0.721 bits per heavy atom. The van der Waals surface area contributed by atoms with E-state index in [1.54, 1.807) is 60.7 Å². The number of hydrogen-bond acceptors (Lipinski definition) is 7. The van der Waals surface area contributed by atoms with Gasteiger partial charge in [0.1, 0.15) is 5.70 Å². The van der Waals surface area contributed by atoms with Gasteiger partial charge in [-0.3, -0.25) is 14.4 Å². The van der Waals surface area contributed by atoms with Gasteiger partial charge >= 0.3 is 0 Å². The molecule has 0 saturated carbocycles. The smallest absolute Gasteiger partial charge is 0.272 e. The van der Waals surface area contributed by atoms with Crippen LogP contribution in [0.3, 0.4) is 0 Å². The second-order valence-corrected chi connectivity index (χ2v) is 10.1. The molecule has 0 spiro atoms. The van der Waals surface area contributed by atoms with Gasteiger partial charge in [0.25, 0.3) is 11.8 Å². The molecule has 4 aromatic rings. The summed E-state index contributed by atoms with van der Waals surface area (Å²) in [6.45, 7) is 0. The largest absolute Gasteiger partial charge is 0.493 e. The van der Waals surface area contributed by atoms with E-state index in [9.17, 15) is 14.4 Å². The van der Waals surface area contributed by atoms with Crippen LogP contribution in [0.5, 0.6) is 17.2 Å². The molecule has 0 aliphatic carbocycles. The number of benzene rings is 4. The lowest BCUT2D eigenvalue weighted by Gasteiger charge is -2.15. The van der Waals surface area contributed by atoms with Crippen molar-refractivity contribution in [1.82, 2.24) is 5.32 Å². The van der Waals surface area contributed by atoms with Crippen molar-refractivity contribution in [3.63, 3.8) is 0 Å². The summed E-state index contributed by atoms with van der Waals surface area (Å²) >= 11 is 1.33. The van der Waals surface area contributed by atoms with Crippen LogP contribution < -0.4 is 30.2 Å². The number of para-hydroxylation sites is 1. The fraction of sp³-hybridized carbons (Fsp3) is 0.121. The van der Waals surface area contributed by atoms with E-state index in [0.717, 1.165) is 10.6 Å². The zero-order valence-electron chi connectivity index (χ0n) is 23.9. The average Bonchev–Trinajstić information content (AvgIpc) is 3.04. The first-order valence-corrected chi connectivity index (χ1v) is 14.2. The Morgan fingerprint density at radius 2 is 1.35 bits per heavy atom. The van der Waals surface area contributed by atoms with Gasteiger partial charge in [-0.2, -0.15) is 0 Å². The van der Waals surface area contributed by atoms with Crippen LogP contribution in [0.1, 0.15) is 15.9 Å². The lowest BCUT2D eigenvalue weighted by Crippen LogP contribution is -2.30. The predicted octanol–water partition coefficient (Wildman–Crippen LogP) is 5.85. The first-order chi connectivity index (χ1) is 20.9. The Labute approximate surface area is 254 Å². The maximum Gasteiger partial charge on any atom is 0.272 e. The van der Waals surface area contributed by atoms with Crippen molar-refractivity contribution in [2.45, 2.75) is 4.90 Å². The summed E-state index contributed by atoms with van der Waals surface area (Å²) in [4.78, 5) is 39.8. The van der Waals surface area contributed by atoms with Crippen LogP contribution in [-0.4, -0.2) is 44.8 Å². The monoisotopic (exact) mass is 597 g/mol. The molecule has 3 N–H and O–H groups in total. The van der Waals surface area contributed by atoms with Crippen LogP contribution in [0.15, 0.2) is 108 Å². The molecule has 0 aliphatic rings. The molecule has 0 radical (unpaired) electrons. The molecule has 3 amide bonds. The first kappa shape index (κ1) is 30.7. The topological polar surface area (TPSA) is 115 Å². The number of carbonyl (C=O) groups is 3. The summed E-state index contributed by atoms with van der Waals surface area (Å²) in [7, 11) is 4.48. The number of thioether (sulfide) groups is 1. The number of methoxy groups -OCH3 is 3. The number of hydrogen-bond donors (Lipinski definition) is 3. The zero-order valence-corrected chi connectivity index (χ0v) is 24.7. The highest BCUT2D eigenvalue weighted by molar-refractivity contribution is 8.00. The quantitative estimate of drug-likeness (QED) is 0.139. The second kappa shape index (κ2) is 15.1. The van der Waals surface area contributed by atoms with Gasteiger partial charge in [0.2, 0.25) is 11.7 Å². The van der Waals surface area contributed by atoms with Crippen molar-refractivity contribution in [2.24, 2.45) is 0 Å². The molecule has 4 rings (SSSR count). The molecule has 4 aromatic carbocycles. The van der Waals surface area contributed by atoms with Crippen LogP contribution in [-0.2, 0) is 9.59 Å². The Morgan fingerprint density at radius 3 is 1.98 bits per heavy atom. The number of anilines is 2. The minimum absolute atomic E-state index is 0.0107. The Balaban J connectivity index is 1.55. The minimum Gasteiger partial charge on any atom is -0.493 e. The number of rotatable bonds is 12. The van der Waals surface area contributed by atoms with Crippen molar-refractivity contribution in [2.75, 3.05) is 37.7 Å². The summed E-state index contributed by atoms with van der Waals surface area (Å²) < 4.78 is 16.3. The summed E-state index contributed by atoms with van der Waals surface area (Å²) in [6.07, 6.45) is 1.52. The van der Waals surface area contributed by atoms with Crippen molar-refractivity contribution < 1.29 is 28.6 Å². The molecular weight excluding hydrogens is 566 g/mol. The van der Waals surface area contributed by atoms with Crippen molar-refractivity contribution in [3.05, 3.63) is 114 Å². The molecule has 9 nitrogen and oxygen atoms in total. The maximum absolute atomic E-state index is 13.5. The second-order valence-electron chi connectivity index (χ2n) is 9.02. The van der Waals surface area contributed by atoms with Crippen molar-refractivity contribution in [3.8, 4) is 17.2 Å². The Bertz CT molecular complexity index is 1580. The molecule has 10 heteroatoms. The van der Waals surface area contributed by atoms with Crippen LogP contribution in [0, 0.1) is 0 Å². The Kier molecular flexibility index (Phi) is 10.8. The van der Waals surface area contributed by atoms with E-state index in [4.69, 9.17) is 14.2 Å². The molecule has 0 saturated heterocycles. The van der Waals surface area contributed by atoms with Gasteiger partial charge in [0.15, 0.2) is 11.5 Å². The highest BCUT2D eigenvalue weighted by Gasteiger charge is 2.18. The third kappa shape index (κ3) is 8.64. The molecule has 0 fully saturated rings. The van der Waals surface area contributed by atoms with E-state index in [0.29, 0.717) is 34.1 Å². The fourth-order valence-corrected chi connectivity index (χ4v) is 4.78. The molecule has 43 heavy (non-hydrogen) atoms. The number of carbonyl (C=O) groups excluding carboxylic acids is 3. The third-order valence-corrected chi connectivity index (χ3v) is 7.04. The van der Waals surface area contributed by atoms with Crippen molar-refractivity contribution in [1.29, 1.82) is 0 Å². The van der Waals surface area contributed by atoms with Crippen molar-refractivity contribution >= 4 is 46.9 Å². The number of ether oxygens (including phenoxy) is 3. The molecule has 0 heterocycles. The average molecular weight is 598 g/mol. The van der Waals surface area contributed by atoms with E-state index in [2.05, 4.69) is 16.0 Å². The van der Waals surface area contributed by atoms with Crippen LogP contribution in [0.25, 0.3) is 6.08 Å². The molecular formula is C33H31N3O6S. The van der Waals surface area contributed by atoms with Gasteiger partial charge in [-0.1, -0.05) is 42.5 Å². The van der Waals surface area contributed by atoms with E-state index in [1.165, 1.54) is 39.2 Å². The summed E-state index contributed by atoms with van der Waals surface area (Å²) in [5, 5.41) is 8.42. The van der Waals surface area contributed by atoms with Gasteiger partial charge in [0, 0.05) is 21.8 Å². The highest BCUT2D eigenvalue weighted by atomic mass is 32.2. The van der Waals surface area contributed by atoms with Gasteiger partial charge in [-0.15, -0.1) is 11.8 Å². The number of nitrogens with one attached hydrogen (secondary N) is 3. The zero-order chi connectivity index (χ0) is 30.6. The van der Waals surface area contributed by atoms with Gasteiger partial charge in [-0.05, 0) is 66.2 Å². The normalized spacial score (nSPS) is 10.8. The predicted molar refractivity (Wildman–Crippen MR) is 169 cm³/mol. The summed E-state index contributed by atoms with van der Waals surface area (Å²) in [6, 6.07) is 28.2. The SMILES string of the molecule is COc1cc(/C=C(/NC(=O)c2ccccc2)C(=O)Nc2cccc(SCC(=O)Nc3ccccc3)c2)cc(OC)c1OC. The van der Waals surface area contributed by atoms with E-state index < -0.39 is 11.8 Å². The van der Waals surface area contributed by atoms with Crippen LogP contribution in [0.2, 0.25) is 0 Å². The molecule has 220 valence electrons. The van der Waals surface area contributed by atoms with Gasteiger partial charge < -0.3 is 30.2 Å². The van der Waals surface area contributed by atoms with Gasteiger partial charge in [0.05, 0.1) is 27.1 Å². The van der Waals surface area contributed by atoms with E-state index >= 15 is 0 Å². The standard InChI is InChI=1S/C33H31N3O6S/c1-40-28-18-22(19-29(41-2)31(28)42-3)17-27(36-32(38)23-11-6-4-7-12-23)33(39)35-25-15-10-16-26(20-25)43-21-30(37)34-24-13-8-5-9-14-24/h4-20H,21H2,1-3H3,(H,34,37)(H,35,39)(H,36,38)/b27-17+. The Hall–Kier alpha value is -5.22. The molecule has 0 unspecified atom stereocenters. The molecule has 0 bridgehead atoms. The van der Waals surface area contributed by atoms with Gasteiger partial charge in [-0.25, -0.2) is 0 Å². The third-order valence-electron chi connectivity index (χ3n) is 6.05. The highest BCUT2D eigenvalue weighted by Crippen LogP contribution is 2.38. The van der Waals surface area contributed by atoms with E-state index in [1.807, 2.05) is 36.4 Å². The lowest BCUT2D eigenvalue weighted by atomic mass is 10.1. The molecule has 0 aromatic heterocycles. The number of amides is 3. The van der Waals surface area contributed by atoms with Crippen LogP contribution >= 0.6 is 11.8 Å². The summed E-state index contributed by atoms with van der Waals surface area (Å²) in [5.74, 6) is 0.209. The minimum atomic E-state index is -0.554.